The molecule has 13 nitrogen and oxygen atoms in total. The third-order valence-electron chi connectivity index (χ3n) is 6.29. The van der Waals surface area contributed by atoms with E-state index in [9.17, 15) is 9.59 Å². The number of hydrogen-bond acceptors (Lipinski definition) is 11. The minimum absolute atomic E-state index is 0.0795. The normalized spacial score (nSPS) is 19.2. The van der Waals surface area contributed by atoms with Gasteiger partial charge in [-0.2, -0.15) is 0 Å². The molecule has 224 valence electrons. The summed E-state index contributed by atoms with van der Waals surface area (Å²) in [6, 6.07) is -0.344. The summed E-state index contributed by atoms with van der Waals surface area (Å²) >= 11 is 0. The molecule has 2 atom stereocenters. The van der Waals surface area contributed by atoms with Crippen LogP contribution in [-0.2, 0) is 9.47 Å². The third-order valence-corrected chi connectivity index (χ3v) is 6.29. The highest BCUT2D eigenvalue weighted by Crippen LogP contribution is 2.32. The van der Waals surface area contributed by atoms with E-state index in [4.69, 9.17) is 23.7 Å². The number of amides is 2. The quantitative estimate of drug-likeness (QED) is 0.438. The SMILES string of the molecule is CC(C)(C)OC(=O)N1CCC[C@H]1COc1nccnc1Oc1nccnc1OC[C@@H]1CCCN1C(=O)OC(C)(C)C. The highest BCUT2D eigenvalue weighted by Gasteiger charge is 2.34. The second-order valence-corrected chi connectivity index (χ2v) is 12.0. The molecule has 2 saturated heterocycles. The Kier molecular flexibility index (Phi) is 9.34. The molecule has 13 heteroatoms. The van der Waals surface area contributed by atoms with Crippen LogP contribution in [0, 0.1) is 0 Å². The zero-order chi connectivity index (χ0) is 29.6. The summed E-state index contributed by atoms with van der Waals surface area (Å²) in [5, 5.41) is 0. The summed E-state index contributed by atoms with van der Waals surface area (Å²) in [4.78, 5) is 45.7. The lowest BCUT2D eigenvalue weighted by molar-refractivity contribution is 0.0176. The van der Waals surface area contributed by atoms with E-state index in [2.05, 4.69) is 19.9 Å². The van der Waals surface area contributed by atoms with Crippen molar-refractivity contribution in [1.29, 1.82) is 0 Å². The first-order valence-corrected chi connectivity index (χ1v) is 13.9. The lowest BCUT2D eigenvalue weighted by Gasteiger charge is -2.28. The fourth-order valence-electron chi connectivity index (χ4n) is 4.54. The average Bonchev–Trinajstić information content (AvgIpc) is 3.55. The van der Waals surface area contributed by atoms with E-state index in [1.54, 1.807) is 9.80 Å². The molecule has 2 aromatic heterocycles. The topological polar surface area (TPSA) is 138 Å². The molecular formula is C28H40N6O7. The molecule has 2 aromatic rings. The van der Waals surface area contributed by atoms with Crippen LogP contribution in [0.15, 0.2) is 24.8 Å². The van der Waals surface area contributed by atoms with Crippen LogP contribution in [0.1, 0.15) is 67.2 Å². The van der Waals surface area contributed by atoms with Gasteiger partial charge in [0, 0.05) is 37.9 Å². The Morgan fingerprint density at radius 3 is 1.41 bits per heavy atom. The lowest BCUT2D eigenvalue weighted by Crippen LogP contribution is -2.42. The van der Waals surface area contributed by atoms with Gasteiger partial charge in [-0.1, -0.05) is 0 Å². The van der Waals surface area contributed by atoms with Crippen LogP contribution in [0.3, 0.4) is 0 Å². The molecule has 2 fully saturated rings. The van der Waals surface area contributed by atoms with Gasteiger partial charge in [-0.15, -0.1) is 0 Å². The van der Waals surface area contributed by atoms with Crippen LogP contribution >= 0.6 is 0 Å². The molecule has 4 rings (SSSR count). The molecule has 2 aliphatic heterocycles. The van der Waals surface area contributed by atoms with E-state index in [1.165, 1.54) is 24.8 Å². The van der Waals surface area contributed by atoms with Gasteiger partial charge >= 0.3 is 12.2 Å². The van der Waals surface area contributed by atoms with Crippen molar-refractivity contribution >= 4 is 12.2 Å². The summed E-state index contributed by atoms with van der Waals surface area (Å²) in [6.07, 6.45) is 8.44. The molecular weight excluding hydrogens is 532 g/mol. The number of ether oxygens (including phenoxy) is 5. The van der Waals surface area contributed by atoms with E-state index in [0.717, 1.165) is 25.7 Å². The van der Waals surface area contributed by atoms with Crippen molar-refractivity contribution in [3.63, 3.8) is 0 Å². The molecule has 4 heterocycles. The number of carbonyl (C=O) groups excluding carboxylic acids is 2. The summed E-state index contributed by atoms with van der Waals surface area (Å²) in [7, 11) is 0. The first kappa shape index (κ1) is 30.1. The van der Waals surface area contributed by atoms with Crippen LogP contribution in [-0.4, -0.2) is 91.5 Å². The molecule has 2 amide bonds. The summed E-state index contributed by atoms with van der Waals surface area (Å²) < 4.78 is 29.0. The van der Waals surface area contributed by atoms with Crippen LogP contribution in [0.4, 0.5) is 9.59 Å². The van der Waals surface area contributed by atoms with Gasteiger partial charge < -0.3 is 33.5 Å². The molecule has 0 bridgehead atoms. The Labute approximate surface area is 240 Å². The van der Waals surface area contributed by atoms with Gasteiger partial charge in [0.1, 0.15) is 24.4 Å². The number of carbonyl (C=O) groups is 2. The highest BCUT2D eigenvalue weighted by atomic mass is 16.6. The predicted molar refractivity (Wildman–Crippen MR) is 147 cm³/mol. The predicted octanol–water partition coefficient (Wildman–Crippen LogP) is 4.62. The molecule has 41 heavy (non-hydrogen) atoms. The van der Waals surface area contributed by atoms with Crippen LogP contribution < -0.4 is 14.2 Å². The minimum atomic E-state index is -0.584. The lowest BCUT2D eigenvalue weighted by atomic mass is 10.2. The Morgan fingerprint density at radius 2 is 1.05 bits per heavy atom. The summed E-state index contributed by atoms with van der Waals surface area (Å²) in [6.45, 7) is 12.6. The minimum Gasteiger partial charge on any atom is -0.472 e. The maximum Gasteiger partial charge on any atom is 0.410 e. The van der Waals surface area contributed by atoms with Crippen molar-refractivity contribution in [3.8, 4) is 23.5 Å². The Hall–Kier alpha value is -3.90. The maximum absolute atomic E-state index is 12.6. The van der Waals surface area contributed by atoms with Gasteiger partial charge in [0.05, 0.1) is 12.1 Å². The number of aromatic nitrogens is 4. The highest BCUT2D eigenvalue weighted by molar-refractivity contribution is 5.69. The van der Waals surface area contributed by atoms with Gasteiger partial charge in [0.15, 0.2) is 0 Å². The fraction of sp³-hybridized carbons (Fsp3) is 0.643. The van der Waals surface area contributed by atoms with Gasteiger partial charge in [0.25, 0.3) is 23.5 Å². The van der Waals surface area contributed by atoms with Crippen molar-refractivity contribution in [2.24, 2.45) is 0 Å². The van der Waals surface area contributed by atoms with E-state index >= 15 is 0 Å². The first-order valence-electron chi connectivity index (χ1n) is 13.9. The Morgan fingerprint density at radius 1 is 0.683 bits per heavy atom. The summed E-state index contributed by atoms with van der Waals surface area (Å²) in [5.41, 5.74) is -1.17. The Balaban J connectivity index is 1.39. The largest absolute Gasteiger partial charge is 0.472 e. The second kappa shape index (κ2) is 12.7. The van der Waals surface area contributed by atoms with Crippen molar-refractivity contribution in [2.75, 3.05) is 26.3 Å². The van der Waals surface area contributed by atoms with Crippen LogP contribution in [0.5, 0.6) is 23.5 Å². The third kappa shape index (κ3) is 8.54. The average molecular weight is 573 g/mol. The van der Waals surface area contributed by atoms with Crippen molar-refractivity contribution in [2.45, 2.75) is 90.5 Å². The monoisotopic (exact) mass is 572 g/mol. The fourth-order valence-corrected chi connectivity index (χ4v) is 4.54. The number of rotatable bonds is 8. The van der Waals surface area contributed by atoms with Gasteiger partial charge in [0.2, 0.25) is 0 Å². The van der Waals surface area contributed by atoms with E-state index < -0.39 is 11.2 Å². The van der Waals surface area contributed by atoms with Gasteiger partial charge in [-0.25, -0.2) is 29.5 Å². The van der Waals surface area contributed by atoms with E-state index in [-0.39, 0.29) is 61.0 Å². The molecule has 0 radical (unpaired) electrons. The molecule has 0 N–H and O–H groups in total. The summed E-state index contributed by atoms with van der Waals surface area (Å²) in [5.74, 6) is 0.450. The smallest absolute Gasteiger partial charge is 0.410 e. The molecule has 0 spiro atoms. The van der Waals surface area contributed by atoms with Crippen molar-refractivity contribution in [3.05, 3.63) is 24.8 Å². The second-order valence-electron chi connectivity index (χ2n) is 12.0. The molecule has 2 aliphatic rings. The Bertz CT molecular complexity index is 1110. The van der Waals surface area contributed by atoms with Crippen molar-refractivity contribution in [1.82, 2.24) is 29.7 Å². The first-order chi connectivity index (χ1) is 19.4. The zero-order valence-electron chi connectivity index (χ0n) is 24.7. The van der Waals surface area contributed by atoms with E-state index in [0.29, 0.717) is 13.1 Å². The van der Waals surface area contributed by atoms with Crippen LogP contribution in [0.2, 0.25) is 0 Å². The van der Waals surface area contributed by atoms with Gasteiger partial charge in [-0.3, -0.25) is 0 Å². The van der Waals surface area contributed by atoms with Gasteiger partial charge in [-0.05, 0) is 67.2 Å². The molecule has 0 unspecified atom stereocenters. The zero-order valence-corrected chi connectivity index (χ0v) is 24.7. The van der Waals surface area contributed by atoms with Crippen molar-refractivity contribution < 1.29 is 33.3 Å². The van der Waals surface area contributed by atoms with Crippen LogP contribution in [0.25, 0.3) is 0 Å². The molecule has 0 aromatic carbocycles. The van der Waals surface area contributed by atoms with E-state index in [1.807, 2.05) is 41.5 Å². The number of hydrogen-bond donors (Lipinski definition) is 0. The standard InChI is InChI=1S/C28H40N6O7/c1-27(2,3)40-25(35)33-15-7-9-19(33)17-37-21-23(31-13-11-29-21)39-24-22(30-12-14-32-24)38-18-20-10-8-16-34(20)26(36)41-28(4,5)6/h11-14,19-20H,7-10,15-18H2,1-6H3/t19-,20-/m0/s1. The number of nitrogens with zero attached hydrogens (tertiary/aromatic N) is 6. The molecule has 0 aliphatic carbocycles. The maximum atomic E-state index is 12.6. The molecule has 0 saturated carbocycles. The number of likely N-dealkylation sites (tertiary alicyclic amines) is 2.